The normalized spacial score (nSPS) is 15.0. The van der Waals surface area contributed by atoms with Crippen LogP contribution in [0.4, 0.5) is 0 Å². The summed E-state index contributed by atoms with van der Waals surface area (Å²) in [7, 11) is 0. The van der Waals surface area contributed by atoms with Gasteiger partial charge in [-0.15, -0.1) is 24.0 Å². The van der Waals surface area contributed by atoms with Crippen LogP contribution >= 0.6 is 24.0 Å². The number of aliphatic imine (C=N–C) groups is 1. The molecule has 0 saturated carbocycles. The summed E-state index contributed by atoms with van der Waals surface area (Å²) in [5.41, 5.74) is 2.55. The number of benzene rings is 1. The minimum absolute atomic E-state index is 0. The highest BCUT2D eigenvalue weighted by Crippen LogP contribution is 2.14. The number of hydrogen-bond acceptors (Lipinski definition) is 4. The molecule has 3 N–H and O–H groups in total. The predicted molar refractivity (Wildman–Crippen MR) is 129 cm³/mol. The van der Waals surface area contributed by atoms with Gasteiger partial charge in [-0.3, -0.25) is 9.69 Å². The van der Waals surface area contributed by atoms with Crippen LogP contribution in [-0.4, -0.2) is 62.7 Å². The summed E-state index contributed by atoms with van der Waals surface area (Å²) in [5.74, 6) is 0.841. The number of nitrogens with one attached hydrogen (secondary N) is 3. The van der Waals surface area contributed by atoms with Gasteiger partial charge in [0.1, 0.15) is 0 Å². The topological polar surface area (TPSA) is 78.0 Å². The lowest BCUT2D eigenvalue weighted by Gasteiger charge is -2.27. The van der Waals surface area contributed by atoms with Crippen LogP contribution in [0.25, 0.3) is 0 Å². The first kappa shape index (κ1) is 25.6. The summed E-state index contributed by atoms with van der Waals surface area (Å²) in [6.07, 6.45) is 0. The highest BCUT2D eigenvalue weighted by Gasteiger charge is 2.12. The molecule has 29 heavy (non-hydrogen) atoms. The van der Waals surface area contributed by atoms with Crippen molar-refractivity contribution in [1.82, 2.24) is 20.9 Å². The van der Waals surface area contributed by atoms with Gasteiger partial charge >= 0.3 is 0 Å². The standard InChI is InChI=1S/C21H35N5O2.HI/c1-4-22-21(24-10-9-23-20(27)17(2)3)25-15-18-7-5-6-8-19(18)16-26-11-13-28-14-12-26;/h5-8,17H,4,9-16H2,1-3H3,(H,23,27)(H2,22,24,25);1H. The summed E-state index contributed by atoms with van der Waals surface area (Å²) in [5, 5.41) is 9.46. The monoisotopic (exact) mass is 517 g/mol. The van der Waals surface area contributed by atoms with Crippen LogP contribution in [0.3, 0.4) is 0 Å². The maximum absolute atomic E-state index is 11.6. The molecule has 0 atom stereocenters. The van der Waals surface area contributed by atoms with Crippen molar-refractivity contribution in [2.75, 3.05) is 45.9 Å². The Bertz CT molecular complexity index is 633. The molecule has 0 aliphatic carbocycles. The van der Waals surface area contributed by atoms with Gasteiger partial charge in [0.05, 0.1) is 19.8 Å². The minimum atomic E-state index is 0. The van der Waals surface area contributed by atoms with Gasteiger partial charge in [-0.25, -0.2) is 4.99 Å². The molecule has 1 aliphatic rings. The lowest BCUT2D eigenvalue weighted by molar-refractivity contribution is -0.123. The minimum Gasteiger partial charge on any atom is -0.379 e. The third-order valence-electron chi connectivity index (χ3n) is 4.61. The number of hydrogen-bond donors (Lipinski definition) is 3. The highest BCUT2D eigenvalue weighted by atomic mass is 127. The molecule has 8 heteroatoms. The Balaban J connectivity index is 0.00000420. The zero-order valence-electron chi connectivity index (χ0n) is 17.9. The molecular formula is C21H36IN5O2. The van der Waals surface area contributed by atoms with Crippen LogP contribution in [-0.2, 0) is 22.6 Å². The number of rotatable bonds is 9. The van der Waals surface area contributed by atoms with Crippen LogP contribution < -0.4 is 16.0 Å². The zero-order chi connectivity index (χ0) is 20.2. The third-order valence-corrected chi connectivity index (χ3v) is 4.61. The van der Waals surface area contributed by atoms with E-state index in [0.717, 1.165) is 45.4 Å². The quantitative estimate of drug-likeness (QED) is 0.202. The highest BCUT2D eigenvalue weighted by molar-refractivity contribution is 14.0. The molecule has 1 aromatic rings. The van der Waals surface area contributed by atoms with Crippen molar-refractivity contribution in [3.8, 4) is 0 Å². The Morgan fingerprint density at radius 1 is 1.10 bits per heavy atom. The van der Waals surface area contributed by atoms with E-state index >= 15 is 0 Å². The summed E-state index contributed by atoms with van der Waals surface area (Å²) in [6, 6.07) is 8.48. The number of halogens is 1. The van der Waals surface area contributed by atoms with E-state index in [1.54, 1.807) is 0 Å². The maximum atomic E-state index is 11.6. The number of ether oxygens (including phenoxy) is 1. The van der Waals surface area contributed by atoms with E-state index in [4.69, 9.17) is 9.73 Å². The van der Waals surface area contributed by atoms with Gasteiger partial charge in [0.2, 0.25) is 5.91 Å². The van der Waals surface area contributed by atoms with Crippen molar-refractivity contribution < 1.29 is 9.53 Å². The van der Waals surface area contributed by atoms with Gasteiger partial charge in [0.15, 0.2) is 5.96 Å². The van der Waals surface area contributed by atoms with Gasteiger partial charge in [-0.2, -0.15) is 0 Å². The van der Waals surface area contributed by atoms with E-state index in [2.05, 4.69) is 45.1 Å². The molecular weight excluding hydrogens is 481 g/mol. The molecule has 1 aromatic carbocycles. The number of carbonyl (C=O) groups excluding carboxylic acids is 1. The van der Waals surface area contributed by atoms with Crippen molar-refractivity contribution in [1.29, 1.82) is 0 Å². The van der Waals surface area contributed by atoms with Crippen LogP contribution in [0.15, 0.2) is 29.3 Å². The molecule has 0 aromatic heterocycles. The van der Waals surface area contributed by atoms with Crippen LogP contribution in [0.1, 0.15) is 31.9 Å². The van der Waals surface area contributed by atoms with E-state index in [9.17, 15) is 4.79 Å². The van der Waals surface area contributed by atoms with Crippen molar-refractivity contribution in [3.63, 3.8) is 0 Å². The summed E-state index contributed by atoms with van der Waals surface area (Å²) >= 11 is 0. The first-order valence-electron chi connectivity index (χ1n) is 10.3. The average molecular weight is 517 g/mol. The van der Waals surface area contributed by atoms with Crippen LogP contribution in [0.2, 0.25) is 0 Å². The van der Waals surface area contributed by atoms with E-state index in [0.29, 0.717) is 19.6 Å². The smallest absolute Gasteiger partial charge is 0.222 e. The molecule has 164 valence electrons. The van der Waals surface area contributed by atoms with E-state index in [-0.39, 0.29) is 35.8 Å². The molecule has 0 radical (unpaired) electrons. The Labute approximate surface area is 192 Å². The van der Waals surface area contributed by atoms with E-state index in [1.807, 2.05) is 20.8 Å². The molecule has 1 aliphatic heterocycles. The summed E-state index contributed by atoms with van der Waals surface area (Å²) < 4.78 is 5.44. The molecule has 1 amide bonds. The maximum Gasteiger partial charge on any atom is 0.222 e. The van der Waals surface area contributed by atoms with Gasteiger partial charge in [0, 0.05) is 45.2 Å². The van der Waals surface area contributed by atoms with Crippen LogP contribution in [0, 0.1) is 5.92 Å². The van der Waals surface area contributed by atoms with Gasteiger partial charge < -0.3 is 20.7 Å². The Hall–Kier alpha value is -1.39. The van der Waals surface area contributed by atoms with Gasteiger partial charge in [-0.05, 0) is 18.1 Å². The first-order chi connectivity index (χ1) is 13.6. The van der Waals surface area contributed by atoms with Crippen molar-refractivity contribution in [2.45, 2.75) is 33.9 Å². The average Bonchev–Trinajstić information content (AvgIpc) is 2.70. The predicted octanol–water partition coefficient (Wildman–Crippen LogP) is 1.96. The fourth-order valence-electron chi connectivity index (χ4n) is 2.94. The number of carbonyl (C=O) groups is 1. The molecule has 0 unspecified atom stereocenters. The number of nitrogens with zero attached hydrogens (tertiary/aromatic N) is 2. The Morgan fingerprint density at radius 3 is 2.41 bits per heavy atom. The molecule has 1 fully saturated rings. The third kappa shape index (κ3) is 9.77. The van der Waals surface area contributed by atoms with Gasteiger partial charge in [-0.1, -0.05) is 38.1 Å². The lowest BCUT2D eigenvalue weighted by Crippen LogP contribution is -2.42. The lowest BCUT2D eigenvalue weighted by atomic mass is 10.1. The molecule has 2 rings (SSSR count). The van der Waals surface area contributed by atoms with E-state index in [1.165, 1.54) is 11.1 Å². The molecule has 7 nitrogen and oxygen atoms in total. The second kappa shape index (κ2) is 14.6. The molecule has 0 spiro atoms. The fraction of sp³-hybridized carbons (Fsp3) is 0.619. The summed E-state index contributed by atoms with van der Waals surface area (Å²) in [6.45, 7) is 13.0. The second-order valence-electron chi connectivity index (χ2n) is 7.22. The van der Waals surface area contributed by atoms with Gasteiger partial charge in [0.25, 0.3) is 0 Å². The van der Waals surface area contributed by atoms with E-state index < -0.39 is 0 Å². The molecule has 1 heterocycles. The number of amides is 1. The van der Waals surface area contributed by atoms with Crippen molar-refractivity contribution >= 4 is 35.8 Å². The number of guanidine groups is 1. The van der Waals surface area contributed by atoms with Crippen molar-refractivity contribution in [2.24, 2.45) is 10.9 Å². The summed E-state index contributed by atoms with van der Waals surface area (Å²) in [4.78, 5) is 18.8. The molecule has 0 bridgehead atoms. The largest absolute Gasteiger partial charge is 0.379 e. The first-order valence-corrected chi connectivity index (χ1v) is 10.3. The van der Waals surface area contributed by atoms with Crippen molar-refractivity contribution in [3.05, 3.63) is 35.4 Å². The second-order valence-corrected chi connectivity index (χ2v) is 7.22. The van der Waals surface area contributed by atoms with Crippen LogP contribution in [0.5, 0.6) is 0 Å². The fourth-order valence-corrected chi connectivity index (χ4v) is 2.94. The Kier molecular flexibility index (Phi) is 12.9. The molecule has 1 saturated heterocycles. The Morgan fingerprint density at radius 2 is 1.76 bits per heavy atom. The SMILES string of the molecule is CCNC(=NCc1ccccc1CN1CCOCC1)NCCNC(=O)C(C)C.I. The zero-order valence-corrected chi connectivity index (χ0v) is 20.2. The number of morpholine rings is 1.